The van der Waals surface area contributed by atoms with Crippen molar-refractivity contribution < 1.29 is 22.7 Å². The topological polar surface area (TPSA) is 93.7 Å². The summed E-state index contributed by atoms with van der Waals surface area (Å²) in [5.41, 5.74) is 1.81. The zero-order valence-electron chi connectivity index (χ0n) is 17.6. The van der Waals surface area contributed by atoms with Gasteiger partial charge in [0, 0.05) is 10.2 Å². The number of carbonyl (C=O) groups is 1. The molecule has 0 aliphatic rings. The van der Waals surface area contributed by atoms with E-state index in [9.17, 15) is 13.2 Å². The van der Waals surface area contributed by atoms with E-state index in [1.54, 1.807) is 36.4 Å². The normalized spacial score (nSPS) is 11.0. The van der Waals surface area contributed by atoms with Gasteiger partial charge >= 0.3 is 0 Å². The Hall–Kier alpha value is -3.04. The second-order valence-corrected chi connectivity index (χ2v) is 9.41. The van der Waals surface area contributed by atoms with E-state index in [1.165, 1.54) is 30.9 Å². The lowest BCUT2D eigenvalue weighted by Crippen LogP contribution is -2.21. The average Bonchev–Trinajstić information content (AvgIpc) is 2.79. The molecule has 2 N–H and O–H groups in total. The highest BCUT2D eigenvalue weighted by Crippen LogP contribution is 2.29. The summed E-state index contributed by atoms with van der Waals surface area (Å²) in [6.07, 6.45) is 0.913. The maximum atomic E-state index is 12.8. The van der Waals surface area contributed by atoms with E-state index in [0.717, 1.165) is 10.9 Å². The molecule has 0 saturated carbocycles. The van der Waals surface area contributed by atoms with Crippen LogP contribution in [0.1, 0.15) is 12.5 Å². The van der Waals surface area contributed by atoms with E-state index >= 15 is 0 Å². The first-order chi connectivity index (χ1) is 15.3. The molecule has 0 aliphatic heterocycles. The molecule has 0 atom stereocenters. The van der Waals surface area contributed by atoms with Gasteiger partial charge in [-0.25, -0.2) is 8.42 Å². The number of methoxy groups -OCH3 is 1. The highest BCUT2D eigenvalue weighted by Gasteiger charge is 2.18. The minimum atomic E-state index is -3.87. The van der Waals surface area contributed by atoms with E-state index in [0.29, 0.717) is 17.2 Å². The number of hydrogen-bond donors (Lipinski definition) is 2. The largest absolute Gasteiger partial charge is 0.495 e. The Balaban J connectivity index is 1.72. The molecule has 32 heavy (non-hydrogen) atoms. The number of rotatable bonds is 9. The second kappa shape index (κ2) is 10.5. The van der Waals surface area contributed by atoms with Gasteiger partial charge in [-0.2, -0.15) is 0 Å². The number of halogens is 1. The van der Waals surface area contributed by atoms with Crippen LogP contribution in [0.5, 0.6) is 11.5 Å². The third-order valence-electron chi connectivity index (χ3n) is 4.55. The molecule has 3 rings (SSSR count). The van der Waals surface area contributed by atoms with Crippen molar-refractivity contribution in [2.24, 2.45) is 0 Å². The number of amides is 1. The van der Waals surface area contributed by atoms with Crippen molar-refractivity contribution in [3.05, 3.63) is 76.8 Å². The number of aryl methyl sites for hydroxylation is 1. The highest BCUT2D eigenvalue weighted by molar-refractivity contribution is 9.10. The fraction of sp³-hybridized carbons (Fsp3) is 0.174. The molecule has 1 amide bonds. The summed E-state index contributed by atoms with van der Waals surface area (Å²) < 4.78 is 39.7. The van der Waals surface area contributed by atoms with Gasteiger partial charge in [-0.15, -0.1) is 0 Å². The van der Waals surface area contributed by atoms with Crippen LogP contribution in [0.15, 0.2) is 76.1 Å². The van der Waals surface area contributed by atoms with Crippen LogP contribution in [0.2, 0.25) is 0 Å². The van der Waals surface area contributed by atoms with Gasteiger partial charge in [-0.1, -0.05) is 35.0 Å². The lowest BCUT2D eigenvalue weighted by Gasteiger charge is -2.14. The summed E-state index contributed by atoms with van der Waals surface area (Å²) in [4.78, 5) is 12.4. The maximum absolute atomic E-state index is 12.8. The van der Waals surface area contributed by atoms with Gasteiger partial charge in [-0.3, -0.25) is 9.52 Å². The number of nitrogens with one attached hydrogen (secondary N) is 2. The number of sulfonamides is 1. The Labute approximate surface area is 195 Å². The third-order valence-corrected chi connectivity index (χ3v) is 6.46. The number of carbonyl (C=O) groups excluding carboxylic acids is 1. The smallest absolute Gasteiger partial charge is 0.262 e. The van der Waals surface area contributed by atoms with Crippen LogP contribution in [0.3, 0.4) is 0 Å². The molecule has 168 valence electrons. The van der Waals surface area contributed by atoms with E-state index < -0.39 is 15.9 Å². The summed E-state index contributed by atoms with van der Waals surface area (Å²) >= 11 is 3.31. The summed E-state index contributed by atoms with van der Waals surface area (Å²) in [6.45, 7) is 1.82. The summed E-state index contributed by atoms with van der Waals surface area (Å²) in [5.74, 6) is 0.450. The van der Waals surface area contributed by atoms with Crippen molar-refractivity contribution in [2.75, 3.05) is 23.8 Å². The average molecular weight is 519 g/mol. The fourth-order valence-corrected chi connectivity index (χ4v) is 4.19. The molecule has 0 aromatic heterocycles. The maximum Gasteiger partial charge on any atom is 0.262 e. The standard InChI is InChI=1S/C23H23BrN2O5S/c1-3-16-4-10-19(11-5-16)31-15-23(27)25-21-14-20(12-13-22(21)30-2)32(28,29)26-18-8-6-17(24)7-9-18/h4-14,26H,3,15H2,1-2H3,(H,25,27). The first-order valence-electron chi connectivity index (χ1n) is 9.78. The minimum absolute atomic E-state index is 0.0207. The van der Waals surface area contributed by atoms with Crippen LogP contribution in [0.25, 0.3) is 0 Å². The van der Waals surface area contributed by atoms with Crippen molar-refractivity contribution in [3.63, 3.8) is 0 Å². The van der Waals surface area contributed by atoms with Crippen molar-refractivity contribution in [1.82, 2.24) is 0 Å². The van der Waals surface area contributed by atoms with E-state index in [1.807, 2.05) is 12.1 Å². The first kappa shape index (κ1) is 23.6. The van der Waals surface area contributed by atoms with Gasteiger partial charge in [-0.05, 0) is 66.6 Å². The quantitative estimate of drug-likeness (QED) is 0.422. The number of hydrogen-bond acceptors (Lipinski definition) is 5. The molecule has 0 unspecified atom stereocenters. The summed E-state index contributed by atoms with van der Waals surface area (Å²) in [6, 6.07) is 18.4. The third kappa shape index (κ3) is 6.24. The van der Waals surface area contributed by atoms with Crippen molar-refractivity contribution in [1.29, 1.82) is 0 Å². The van der Waals surface area contributed by atoms with Crippen LogP contribution in [0, 0.1) is 0 Å². The Kier molecular flexibility index (Phi) is 7.76. The molecule has 0 radical (unpaired) electrons. The molecule has 9 heteroatoms. The van der Waals surface area contributed by atoms with E-state index in [4.69, 9.17) is 9.47 Å². The van der Waals surface area contributed by atoms with Gasteiger partial charge in [0.15, 0.2) is 6.61 Å². The number of benzene rings is 3. The lowest BCUT2D eigenvalue weighted by molar-refractivity contribution is -0.118. The molecule has 3 aromatic carbocycles. The van der Waals surface area contributed by atoms with Gasteiger partial charge in [0.25, 0.3) is 15.9 Å². The minimum Gasteiger partial charge on any atom is -0.495 e. The monoisotopic (exact) mass is 518 g/mol. The van der Waals surface area contributed by atoms with Crippen LogP contribution in [-0.4, -0.2) is 28.0 Å². The van der Waals surface area contributed by atoms with Gasteiger partial charge in [0.2, 0.25) is 0 Å². The Morgan fingerprint density at radius 3 is 2.31 bits per heavy atom. The van der Waals surface area contributed by atoms with Crippen LogP contribution in [-0.2, 0) is 21.2 Å². The van der Waals surface area contributed by atoms with Crippen molar-refractivity contribution in [3.8, 4) is 11.5 Å². The van der Waals surface area contributed by atoms with Crippen LogP contribution in [0.4, 0.5) is 11.4 Å². The molecule has 0 spiro atoms. The number of anilines is 2. The van der Waals surface area contributed by atoms with Crippen LogP contribution < -0.4 is 19.5 Å². The second-order valence-electron chi connectivity index (χ2n) is 6.81. The molecule has 0 aliphatic carbocycles. The fourth-order valence-electron chi connectivity index (χ4n) is 2.84. The molecule has 7 nitrogen and oxygen atoms in total. The zero-order chi connectivity index (χ0) is 23.1. The predicted octanol–water partition coefficient (Wildman–Crippen LogP) is 4.84. The first-order valence-corrected chi connectivity index (χ1v) is 12.1. The Morgan fingerprint density at radius 2 is 1.69 bits per heavy atom. The Morgan fingerprint density at radius 1 is 1.00 bits per heavy atom. The highest BCUT2D eigenvalue weighted by atomic mass is 79.9. The lowest BCUT2D eigenvalue weighted by atomic mass is 10.2. The molecular formula is C23H23BrN2O5S. The summed E-state index contributed by atoms with van der Waals surface area (Å²) in [5, 5.41) is 2.65. The molecule has 0 fully saturated rings. The number of ether oxygens (including phenoxy) is 2. The zero-order valence-corrected chi connectivity index (χ0v) is 20.0. The van der Waals surface area contributed by atoms with Gasteiger partial charge < -0.3 is 14.8 Å². The van der Waals surface area contributed by atoms with E-state index in [-0.39, 0.29) is 17.2 Å². The SMILES string of the molecule is CCc1ccc(OCC(=O)Nc2cc(S(=O)(=O)Nc3ccc(Br)cc3)ccc2OC)cc1. The molecule has 0 saturated heterocycles. The summed E-state index contributed by atoms with van der Waals surface area (Å²) in [7, 11) is -2.44. The van der Waals surface area contributed by atoms with Crippen molar-refractivity contribution >= 4 is 43.2 Å². The predicted molar refractivity (Wildman–Crippen MR) is 128 cm³/mol. The molecule has 0 bridgehead atoms. The van der Waals surface area contributed by atoms with E-state index in [2.05, 4.69) is 32.9 Å². The molecule has 3 aromatic rings. The Bertz CT molecular complexity index is 1180. The van der Waals surface area contributed by atoms with Gasteiger partial charge in [0.1, 0.15) is 11.5 Å². The van der Waals surface area contributed by atoms with Gasteiger partial charge in [0.05, 0.1) is 17.7 Å². The molecule has 0 heterocycles. The molecular weight excluding hydrogens is 496 g/mol. The van der Waals surface area contributed by atoms with Crippen LogP contribution >= 0.6 is 15.9 Å². The van der Waals surface area contributed by atoms with Crippen molar-refractivity contribution in [2.45, 2.75) is 18.2 Å².